The lowest BCUT2D eigenvalue weighted by molar-refractivity contribution is -0.136. The highest BCUT2D eigenvalue weighted by Crippen LogP contribution is 2.14. The lowest BCUT2D eigenvalue weighted by atomic mass is 10.0. The Kier molecular flexibility index (Phi) is 6.11. The number of hydrogen-bond acceptors (Lipinski definition) is 5. The zero-order valence-corrected chi connectivity index (χ0v) is 16.0. The SMILES string of the molecule is CC(C)[C@H](NC(=O)c1cccs1)C(=O)N1CCN(Cc2ccco2)CC1. The van der Waals surface area contributed by atoms with Crippen molar-refractivity contribution < 1.29 is 14.0 Å². The van der Waals surface area contributed by atoms with Gasteiger partial charge in [0.05, 0.1) is 17.7 Å². The Balaban J connectivity index is 1.55. The Morgan fingerprint density at radius 3 is 2.54 bits per heavy atom. The second-order valence-electron chi connectivity index (χ2n) is 6.85. The molecule has 1 fully saturated rings. The van der Waals surface area contributed by atoms with E-state index in [2.05, 4.69) is 10.2 Å². The molecule has 1 N–H and O–H groups in total. The van der Waals surface area contributed by atoms with Crippen molar-refractivity contribution in [3.63, 3.8) is 0 Å². The quantitative estimate of drug-likeness (QED) is 0.842. The fraction of sp³-hybridized carbons (Fsp3) is 0.474. The van der Waals surface area contributed by atoms with E-state index in [1.165, 1.54) is 11.3 Å². The van der Waals surface area contributed by atoms with Gasteiger partial charge in [-0.2, -0.15) is 0 Å². The molecule has 1 aliphatic rings. The van der Waals surface area contributed by atoms with Crippen LogP contribution in [0.1, 0.15) is 29.3 Å². The minimum absolute atomic E-state index is 0.00237. The van der Waals surface area contributed by atoms with E-state index in [0.29, 0.717) is 18.0 Å². The smallest absolute Gasteiger partial charge is 0.262 e. The first-order valence-corrected chi connectivity index (χ1v) is 9.80. The zero-order chi connectivity index (χ0) is 18.5. The van der Waals surface area contributed by atoms with E-state index < -0.39 is 6.04 Å². The van der Waals surface area contributed by atoms with Crippen LogP contribution in [0, 0.1) is 5.92 Å². The van der Waals surface area contributed by atoms with Crippen LogP contribution in [0.5, 0.6) is 0 Å². The van der Waals surface area contributed by atoms with E-state index in [9.17, 15) is 9.59 Å². The topological polar surface area (TPSA) is 65.8 Å². The van der Waals surface area contributed by atoms with Crippen LogP contribution < -0.4 is 5.32 Å². The van der Waals surface area contributed by atoms with Crippen molar-refractivity contribution in [3.8, 4) is 0 Å². The molecular weight excluding hydrogens is 350 g/mol. The van der Waals surface area contributed by atoms with Crippen LogP contribution in [0.3, 0.4) is 0 Å². The molecule has 26 heavy (non-hydrogen) atoms. The molecule has 0 spiro atoms. The van der Waals surface area contributed by atoms with Crippen molar-refractivity contribution in [1.29, 1.82) is 0 Å². The van der Waals surface area contributed by atoms with Crippen LogP contribution >= 0.6 is 11.3 Å². The van der Waals surface area contributed by atoms with Crippen LogP contribution in [0.15, 0.2) is 40.3 Å². The maximum atomic E-state index is 12.9. The van der Waals surface area contributed by atoms with Crippen LogP contribution in [-0.2, 0) is 11.3 Å². The van der Waals surface area contributed by atoms with Crippen LogP contribution in [0.2, 0.25) is 0 Å². The summed E-state index contributed by atoms with van der Waals surface area (Å²) in [5, 5.41) is 4.78. The van der Waals surface area contributed by atoms with Crippen molar-refractivity contribution in [2.75, 3.05) is 26.2 Å². The Labute approximate surface area is 157 Å². The number of thiophene rings is 1. The average molecular weight is 375 g/mol. The van der Waals surface area contributed by atoms with Crippen LogP contribution in [-0.4, -0.2) is 53.8 Å². The summed E-state index contributed by atoms with van der Waals surface area (Å²) in [7, 11) is 0. The number of carbonyl (C=O) groups excluding carboxylic acids is 2. The number of nitrogens with zero attached hydrogens (tertiary/aromatic N) is 2. The van der Waals surface area contributed by atoms with Crippen molar-refractivity contribution in [2.24, 2.45) is 5.92 Å². The maximum Gasteiger partial charge on any atom is 0.262 e. The summed E-state index contributed by atoms with van der Waals surface area (Å²) in [6.07, 6.45) is 1.68. The highest BCUT2D eigenvalue weighted by Gasteiger charge is 2.31. The summed E-state index contributed by atoms with van der Waals surface area (Å²) in [6, 6.07) is 6.96. The molecule has 0 aromatic carbocycles. The third-order valence-electron chi connectivity index (χ3n) is 4.61. The van der Waals surface area contributed by atoms with Crippen molar-refractivity contribution in [1.82, 2.24) is 15.1 Å². The molecule has 1 saturated heterocycles. The monoisotopic (exact) mass is 375 g/mol. The number of hydrogen-bond donors (Lipinski definition) is 1. The molecule has 140 valence electrons. The molecule has 0 unspecified atom stereocenters. The van der Waals surface area contributed by atoms with E-state index in [4.69, 9.17) is 4.42 Å². The van der Waals surface area contributed by atoms with Crippen LogP contribution in [0.4, 0.5) is 0 Å². The van der Waals surface area contributed by atoms with Gasteiger partial charge in [-0.05, 0) is 29.5 Å². The molecule has 2 amide bonds. The standard InChI is InChI=1S/C19H25N3O3S/c1-14(2)17(20-18(23)16-6-4-12-26-16)19(24)22-9-7-21(8-10-22)13-15-5-3-11-25-15/h3-6,11-12,14,17H,7-10,13H2,1-2H3,(H,20,23)/t17-/m0/s1. The number of rotatable bonds is 6. The van der Waals surface area contributed by atoms with Crippen molar-refractivity contribution >= 4 is 23.2 Å². The predicted molar refractivity (Wildman–Crippen MR) is 101 cm³/mol. The molecule has 2 aromatic heterocycles. The van der Waals surface area contributed by atoms with E-state index >= 15 is 0 Å². The van der Waals surface area contributed by atoms with E-state index in [0.717, 1.165) is 25.4 Å². The Hall–Kier alpha value is -2.12. The first-order chi connectivity index (χ1) is 12.5. The normalized spacial score (nSPS) is 16.7. The maximum absolute atomic E-state index is 12.9. The fourth-order valence-corrected chi connectivity index (χ4v) is 3.71. The van der Waals surface area contributed by atoms with Gasteiger partial charge in [0, 0.05) is 26.2 Å². The lowest BCUT2D eigenvalue weighted by Gasteiger charge is -2.37. The second-order valence-corrected chi connectivity index (χ2v) is 7.80. The molecule has 6 nitrogen and oxygen atoms in total. The van der Waals surface area contributed by atoms with Gasteiger partial charge in [0.2, 0.25) is 5.91 Å². The minimum atomic E-state index is -0.499. The number of carbonyl (C=O) groups is 2. The number of amides is 2. The molecule has 2 aromatic rings. The third-order valence-corrected chi connectivity index (χ3v) is 5.48. The van der Waals surface area contributed by atoms with Crippen LogP contribution in [0.25, 0.3) is 0 Å². The molecule has 3 rings (SSSR count). The van der Waals surface area contributed by atoms with Gasteiger partial charge >= 0.3 is 0 Å². The summed E-state index contributed by atoms with van der Waals surface area (Å²) < 4.78 is 5.39. The Bertz CT molecular complexity index is 704. The van der Waals surface area contributed by atoms with Gasteiger partial charge in [0.15, 0.2) is 0 Å². The summed E-state index contributed by atoms with van der Waals surface area (Å²) in [5.74, 6) is 0.798. The fourth-order valence-electron chi connectivity index (χ4n) is 3.08. The highest BCUT2D eigenvalue weighted by atomic mass is 32.1. The molecule has 0 saturated carbocycles. The van der Waals surface area contributed by atoms with E-state index in [1.807, 2.05) is 42.3 Å². The third kappa shape index (κ3) is 4.53. The number of furan rings is 1. The average Bonchev–Trinajstić information content (AvgIpc) is 3.33. The van der Waals surface area contributed by atoms with E-state index in [-0.39, 0.29) is 17.7 Å². The molecule has 1 atom stereocenters. The molecule has 0 aliphatic carbocycles. The van der Waals surface area contributed by atoms with Gasteiger partial charge in [-0.25, -0.2) is 0 Å². The van der Waals surface area contributed by atoms with Gasteiger partial charge in [0.25, 0.3) is 5.91 Å². The molecule has 7 heteroatoms. The van der Waals surface area contributed by atoms with Gasteiger partial charge < -0.3 is 14.6 Å². The first kappa shape index (κ1) is 18.7. The van der Waals surface area contributed by atoms with Crippen molar-refractivity contribution in [3.05, 3.63) is 46.5 Å². The lowest BCUT2D eigenvalue weighted by Crippen LogP contribution is -2.56. The highest BCUT2D eigenvalue weighted by molar-refractivity contribution is 7.12. The molecule has 1 aliphatic heterocycles. The molecule has 0 bridgehead atoms. The summed E-state index contributed by atoms with van der Waals surface area (Å²) in [4.78, 5) is 30.1. The summed E-state index contributed by atoms with van der Waals surface area (Å²) in [6.45, 7) is 7.62. The van der Waals surface area contributed by atoms with E-state index in [1.54, 1.807) is 12.3 Å². The largest absolute Gasteiger partial charge is 0.468 e. The Morgan fingerprint density at radius 1 is 1.19 bits per heavy atom. The van der Waals surface area contributed by atoms with Crippen molar-refractivity contribution in [2.45, 2.75) is 26.4 Å². The summed E-state index contributed by atoms with van der Waals surface area (Å²) in [5.41, 5.74) is 0. The molecule has 0 radical (unpaired) electrons. The van der Waals surface area contributed by atoms with Gasteiger partial charge in [-0.1, -0.05) is 19.9 Å². The summed E-state index contributed by atoms with van der Waals surface area (Å²) >= 11 is 1.38. The van der Waals surface area contributed by atoms with Gasteiger partial charge in [-0.3, -0.25) is 14.5 Å². The Morgan fingerprint density at radius 2 is 1.96 bits per heavy atom. The molecule has 3 heterocycles. The number of nitrogens with one attached hydrogen (secondary N) is 1. The molecular formula is C19H25N3O3S. The first-order valence-electron chi connectivity index (χ1n) is 8.92. The second kappa shape index (κ2) is 8.51. The van der Waals surface area contributed by atoms with Gasteiger partial charge in [-0.15, -0.1) is 11.3 Å². The predicted octanol–water partition coefficient (Wildman–Crippen LogP) is 2.44. The minimum Gasteiger partial charge on any atom is -0.468 e. The zero-order valence-electron chi connectivity index (χ0n) is 15.2. The van der Waals surface area contributed by atoms with Gasteiger partial charge in [0.1, 0.15) is 11.8 Å². The number of piperazine rings is 1.